The van der Waals surface area contributed by atoms with Crippen LogP contribution in [0, 0.1) is 6.92 Å². The molecular weight excluding hydrogens is 510 g/mol. The fourth-order valence-corrected chi connectivity index (χ4v) is 5.92. The molecule has 0 saturated carbocycles. The number of fused-ring (bicyclic) bond motifs is 1. The van der Waals surface area contributed by atoms with Crippen molar-refractivity contribution in [3.63, 3.8) is 0 Å². The van der Waals surface area contributed by atoms with Crippen molar-refractivity contribution < 1.29 is 9.84 Å². The first-order chi connectivity index (χ1) is 18.6. The number of ether oxygens (including phenoxy) is 1. The van der Waals surface area contributed by atoms with Gasteiger partial charge < -0.3 is 30.3 Å². The van der Waals surface area contributed by atoms with E-state index in [0.29, 0.717) is 23.6 Å². The Morgan fingerprint density at radius 1 is 1.10 bits per heavy atom. The summed E-state index contributed by atoms with van der Waals surface area (Å²) in [6.45, 7) is 7.56. The van der Waals surface area contributed by atoms with Gasteiger partial charge in [-0.05, 0) is 88.5 Å². The molecule has 1 aromatic carbocycles. The Kier molecular flexibility index (Phi) is 7.61. The van der Waals surface area contributed by atoms with Gasteiger partial charge in [0.25, 0.3) is 0 Å². The smallest absolute Gasteiger partial charge is 0.230 e. The van der Waals surface area contributed by atoms with Gasteiger partial charge in [-0.3, -0.25) is 0 Å². The minimum absolute atomic E-state index is 0.479. The third-order valence-corrected chi connectivity index (χ3v) is 8.29. The molecule has 1 aliphatic rings. The lowest BCUT2D eigenvalue weighted by Gasteiger charge is -2.37. The van der Waals surface area contributed by atoms with E-state index in [4.69, 9.17) is 14.7 Å². The molecule has 3 aromatic heterocycles. The maximum absolute atomic E-state index is 10.4. The first kappa shape index (κ1) is 27.1. The van der Waals surface area contributed by atoms with Gasteiger partial charge in [-0.15, -0.1) is 11.3 Å². The predicted molar refractivity (Wildman–Crippen MR) is 160 cm³/mol. The standard InChI is InChI=1S/C29H37N7O2S/c1-18-17-39-27-25(18)26(32-24-15-19(9-12-30-24)29(2,3)37)33-28(34-27)31-20-7-8-22(23(16-20)38-6)36-13-10-21(11-14-36)35(4)5/h7-9,12,15-17,21,37H,10-11,13-14H2,1-6H3,(H2,30,31,32,33,34). The van der Waals surface area contributed by atoms with E-state index in [-0.39, 0.29) is 0 Å². The molecule has 0 amide bonds. The monoisotopic (exact) mass is 547 g/mol. The van der Waals surface area contributed by atoms with Gasteiger partial charge in [0.2, 0.25) is 5.95 Å². The predicted octanol–water partition coefficient (Wildman–Crippen LogP) is 5.65. The zero-order chi connectivity index (χ0) is 27.7. The highest BCUT2D eigenvalue weighted by atomic mass is 32.1. The highest BCUT2D eigenvalue weighted by molar-refractivity contribution is 7.17. The number of rotatable bonds is 8. The van der Waals surface area contributed by atoms with Crippen molar-refractivity contribution in [1.29, 1.82) is 0 Å². The Morgan fingerprint density at radius 3 is 2.56 bits per heavy atom. The minimum Gasteiger partial charge on any atom is -0.495 e. The maximum Gasteiger partial charge on any atom is 0.230 e. The number of hydrogen-bond acceptors (Lipinski definition) is 10. The van der Waals surface area contributed by atoms with Crippen LogP contribution in [0.15, 0.2) is 41.9 Å². The van der Waals surface area contributed by atoms with Crippen LogP contribution in [0.5, 0.6) is 5.75 Å². The molecule has 0 spiro atoms. The number of anilines is 5. The lowest BCUT2D eigenvalue weighted by atomic mass is 10.00. The zero-order valence-corrected chi connectivity index (χ0v) is 24.3. The normalized spacial score (nSPS) is 14.7. The van der Waals surface area contributed by atoms with E-state index in [1.54, 1.807) is 38.5 Å². The number of hydrogen-bond donors (Lipinski definition) is 3. The molecule has 0 aliphatic carbocycles. The van der Waals surface area contributed by atoms with Crippen LogP contribution >= 0.6 is 11.3 Å². The van der Waals surface area contributed by atoms with Crippen molar-refractivity contribution >= 4 is 50.5 Å². The van der Waals surface area contributed by atoms with Crippen LogP contribution in [0.4, 0.5) is 29.0 Å². The SMILES string of the molecule is COc1cc(Nc2nc(Nc3cc(C(C)(C)O)ccn3)c3c(C)csc3n2)ccc1N1CCC(N(C)C)CC1. The number of thiophene rings is 1. The van der Waals surface area contributed by atoms with Crippen molar-refractivity contribution in [2.24, 2.45) is 0 Å². The molecule has 0 bridgehead atoms. The number of aromatic nitrogens is 3. The second-order valence-electron chi connectivity index (χ2n) is 10.8. The molecule has 0 radical (unpaired) electrons. The molecule has 206 valence electrons. The summed E-state index contributed by atoms with van der Waals surface area (Å²) in [5.74, 6) is 2.57. The van der Waals surface area contributed by atoms with Gasteiger partial charge in [0.05, 0.1) is 23.8 Å². The number of methoxy groups -OCH3 is 1. The average molecular weight is 548 g/mol. The van der Waals surface area contributed by atoms with Gasteiger partial charge in [0, 0.05) is 37.1 Å². The maximum atomic E-state index is 10.4. The van der Waals surface area contributed by atoms with Crippen molar-refractivity contribution in [1.82, 2.24) is 19.9 Å². The van der Waals surface area contributed by atoms with Crippen LogP contribution in [-0.2, 0) is 5.60 Å². The van der Waals surface area contributed by atoms with E-state index in [0.717, 1.165) is 64.4 Å². The van der Waals surface area contributed by atoms with Crippen molar-refractivity contribution in [2.75, 3.05) is 49.8 Å². The second kappa shape index (κ2) is 11.0. The molecule has 9 nitrogen and oxygen atoms in total. The lowest BCUT2D eigenvalue weighted by molar-refractivity contribution is 0.0785. The first-order valence-corrected chi connectivity index (χ1v) is 14.1. The van der Waals surface area contributed by atoms with E-state index in [9.17, 15) is 5.11 Å². The molecular formula is C29H37N7O2S. The molecule has 0 atom stereocenters. The molecule has 1 fully saturated rings. The third kappa shape index (κ3) is 5.93. The highest BCUT2D eigenvalue weighted by Gasteiger charge is 2.23. The summed E-state index contributed by atoms with van der Waals surface area (Å²) >= 11 is 1.58. The average Bonchev–Trinajstić information content (AvgIpc) is 3.29. The molecule has 0 unspecified atom stereocenters. The van der Waals surface area contributed by atoms with E-state index < -0.39 is 5.60 Å². The summed E-state index contributed by atoms with van der Waals surface area (Å²) in [6, 6.07) is 10.4. The summed E-state index contributed by atoms with van der Waals surface area (Å²) < 4.78 is 5.79. The van der Waals surface area contributed by atoms with Gasteiger partial charge in [-0.1, -0.05) is 0 Å². The second-order valence-corrected chi connectivity index (χ2v) is 11.7. The first-order valence-electron chi connectivity index (χ1n) is 13.2. The number of benzene rings is 1. The minimum atomic E-state index is -0.973. The van der Waals surface area contributed by atoms with Crippen LogP contribution in [0.25, 0.3) is 10.2 Å². The molecule has 1 aliphatic heterocycles. The summed E-state index contributed by atoms with van der Waals surface area (Å²) in [7, 11) is 6.02. The number of pyridine rings is 1. The zero-order valence-electron chi connectivity index (χ0n) is 23.4. The largest absolute Gasteiger partial charge is 0.495 e. The highest BCUT2D eigenvalue weighted by Crippen LogP contribution is 2.36. The van der Waals surface area contributed by atoms with Gasteiger partial charge >= 0.3 is 0 Å². The Balaban J connectivity index is 1.41. The molecule has 3 N–H and O–H groups in total. The summed E-state index contributed by atoms with van der Waals surface area (Å²) in [6.07, 6.45) is 3.95. The quantitative estimate of drug-likeness (QED) is 0.258. The van der Waals surface area contributed by atoms with E-state index in [1.165, 1.54) is 0 Å². The molecule has 5 rings (SSSR count). The Bertz CT molecular complexity index is 1460. The Morgan fingerprint density at radius 2 is 1.87 bits per heavy atom. The fraction of sp³-hybridized carbons (Fsp3) is 0.414. The number of piperidine rings is 1. The van der Waals surface area contributed by atoms with Crippen LogP contribution in [0.2, 0.25) is 0 Å². The van der Waals surface area contributed by atoms with Crippen LogP contribution < -0.4 is 20.3 Å². The van der Waals surface area contributed by atoms with Crippen LogP contribution in [0.3, 0.4) is 0 Å². The van der Waals surface area contributed by atoms with Crippen LogP contribution in [0.1, 0.15) is 37.8 Å². The van der Waals surface area contributed by atoms with Gasteiger partial charge in [0.15, 0.2) is 0 Å². The number of aliphatic hydroxyl groups is 1. The summed E-state index contributed by atoms with van der Waals surface area (Å²) in [5.41, 5.74) is 2.83. The topological polar surface area (TPSA) is 98.7 Å². The van der Waals surface area contributed by atoms with Crippen molar-refractivity contribution in [3.05, 3.63) is 53.0 Å². The lowest BCUT2D eigenvalue weighted by Crippen LogP contribution is -2.42. The number of nitrogens with one attached hydrogen (secondary N) is 2. The number of aryl methyl sites for hydroxylation is 1. The Labute approximate surface area is 233 Å². The van der Waals surface area contributed by atoms with Gasteiger partial charge in [-0.25, -0.2) is 9.97 Å². The van der Waals surface area contributed by atoms with E-state index in [1.807, 2.05) is 31.2 Å². The summed E-state index contributed by atoms with van der Waals surface area (Å²) in [5, 5.41) is 20.2. The van der Waals surface area contributed by atoms with Crippen molar-refractivity contribution in [2.45, 2.75) is 45.3 Å². The van der Waals surface area contributed by atoms with E-state index in [2.05, 4.69) is 51.0 Å². The van der Waals surface area contributed by atoms with E-state index >= 15 is 0 Å². The molecule has 10 heteroatoms. The van der Waals surface area contributed by atoms with Crippen molar-refractivity contribution in [3.8, 4) is 5.75 Å². The molecule has 4 aromatic rings. The molecule has 1 saturated heterocycles. The molecule has 39 heavy (non-hydrogen) atoms. The Hall–Kier alpha value is -3.47. The van der Waals surface area contributed by atoms with Crippen LogP contribution in [-0.4, -0.2) is 65.3 Å². The summed E-state index contributed by atoms with van der Waals surface area (Å²) in [4.78, 5) is 19.6. The number of nitrogens with zero attached hydrogens (tertiary/aromatic N) is 5. The van der Waals surface area contributed by atoms with Gasteiger partial charge in [-0.2, -0.15) is 4.98 Å². The fourth-order valence-electron chi connectivity index (χ4n) is 5.00. The molecule has 4 heterocycles. The van der Waals surface area contributed by atoms with Gasteiger partial charge in [0.1, 0.15) is 22.2 Å². The third-order valence-electron chi connectivity index (χ3n) is 7.30.